The molecule has 10 heteroatoms. The van der Waals surface area contributed by atoms with Crippen LogP contribution in [0.1, 0.15) is 194 Å². The lowest BCUT2D eigenvalue weighted by atomic mass is 10.0. The molecule has 0 aromatic carbocycles. The van der Waals surface area contributed by atoms with E-state index >= 15 is 0 Å². The lowest BCUT2D eigenvalue weighted by molar-refractivity contribution is -0.139. The Kier molecular flexibility index (Phi) is 35.8. The molecule has 4 N–H and O–H groups in total. The monoisotopic (exact) mass is 708 g/mol. The van der Waals surface area contributed by atoms with E-state index in [4.69, 9.17) is 29.4 Å². The molecule has 0 fully saturated rings. The topological polar surface area (TPSA) is 138 Å². The summed E-state index contributed by atoms with van der Waals surface area (Å²) in [6, 6.07) is -1.41. The molecule has 2 unspecified atom stereocenters. The van der Waals surface area contributed by atoms with Crippen LogP contribution in [0.25, 0.3) is 0 Å². The Labute approximate surface area is 295 Å². The number of phosphoric ester groups is 1. The molecule has 9 nitrogen and oxygen atoms in total. The predicted molar refractivity (Wildman–Crippen MR) is 199 cm³/mol. The van der Waals surface area contributed by atoms with Gasteiger partial charge in [-0.05, 0) is 12.8 Å². The summed E-state index contributed by atoms with van der Waals surface area (Å²) in [5.41, 5.74) is 5.37. The van der Waals surface area contributed by atoms with Crippen molar-refractivity contribution in [2.75, 3.05) is 33.0 Å². The summed E-state index contributed by atoms with van der Waals surface area (Å²) in [6.45, 7) is 5.10. The van der Waals surface area contributed by atoms with Gasteiger partial charge in [-0.1, -0.05) is 181 Å². The maximum Gasteiger partial charge on any atom is 0.472 e. The largest absolute Gasteiger partial charge is 0.480 e. The maximum absolute atomic E-state index is 12.2. The average Bonchev–Trinajstić information content (AvgIpc) is 3.07. The molecule has 0 aliphatic rings. The number of hydrogen-bond acceptors (Lipinski definition) is 7. The van der Waals surface area contributed by atoms with E-state index in [9.17, 15) is 14.3 Å². The van der Waals surface area contributed by atoms with Gasteiger partial charge in [-0.25, -0.2) is 4.57 Å². The van der Waals surface area contributed by atoms with Crippen molar-refractivity contribution in [3.63, 3.8) is 0 Å². The molecular weight excluding hydrogens is 629 g/mol. The second-order valence-electron chi connectivity index (χ2n) is 13.8. The molecule has 0 bridgehead atoms. The maximum atomic E-state index is 12.2. The molecule has 3 atom stereocenters. The van der Waals surface area contributed by atoms with Crippen LogP contribution in [0, 0.1) is 0 Å². The Balaban J connectivity index is 4.10. The Morgan fingerprint density at radius 2 is 0.875 bits per heavy atom. The lowest BCUT2D eigenvalue weighted by Gasteiger charge is -2.20. The van der Waals surface area contributed by atoms with Gasteiger partial charge in [0.15, 0.2) is 0 Å². The Morgan fingerprint density at radius 1 is 0.542 bits per heavy atom. The highest BCUT2D eigenvalue weighted by molar-refractivity contribution is 7.47. The predicted octanol–water partition coefficient (Wildman–Crippen LogP) is 10.9. The van der Waals surface area contributed by atoms with E-state index in [-0.39, 0.29) is 13.2 Å². The molecule has 0 aliphatic carbocycles. The summed E-state index contributed by atoms with van der Waals surface area (Å²) in [4.78, 5) is 20.9. The van der Waals surface area contributed by atoms with Crippen LogP contribution in [0.4, 0.5) is 0 Å². The summed E-state index contributed by atoms with van der Waals surface area (Å²) in [7, 11) is -4.47. The molecule has 0 spiro atoms. The fourth-order valence-electron chi connectivity index (χ4n) is 5.76. The van der Waals surface area contributed by atoms with Gasteiger partial charge in [0.05, 0.1) is 19.8 Å². The van der Waals surface area contributed by atoms with Gasteiger partial charge in [0, 0.05) is 13.2 Å². The second kappa shape index (κ2) is 36.3. The van der Waals surface area contributed by atoms with Gasteiger partial charge >= 0.3 is 13.8 Å². The zero-order chi connectivity index (χ0) is 35.4. The van der Waals surface area contributed by atoms with Crippen LogP contribution >= 0.6 is 7.82 Å². The number of unbranched alkanes of at least 4 members (excludes halogenated alkanes) is 26. The van der Waals surface area contributed by atoms with Gasteiger partial charge in [0.1, 0.15) is 12.1 Å². The average molecular weight is 708 g/mol. The van der Waals surface area contributed by atoms with Crippen LogP contribution in [-0.2, 0) is 27.9 Å². The first-order valence-electron chi connectivity index (χ1n) is 20.1. The van der Waals surface area contributed by atoms with Gasteiger partial charge < -0.3 is 25.2 Å². The van der Waals surface area contributed by atoms with Crippen molar-refractivity contribution >= 4 is 13.8 Å². The first-order chi connectivity index (χ1) is 23.3. The minimum Gasteiger partial charge on any atom is -0.480 e. The molecule has 0 heterocycles. The number of rotatable bonds is 40. The molecule has 0 amide bonds. The van der Waals surface area contributed by atoms with Crippen LogP contribution < -0.4 is 5.73 Å². The highest BCUT2D eigenvalue weighted by Gasteiger charge is 2.26. The smallest absolute Gasteiger partial charge is 0.472 e. The van der Waals surface area contributed by atoms with Crippen molar-refractivity contribution < 1.29 is 37.9 Å². The first-order valence-corrected chi connectivity index (χ1v) is 21.6. The standard InChI is InChI=1S/C38H78NO8P/c1-3-5-7-9-11-13-15-17-19-21-23-25-27-29-31-44-33-36(34-46-48(42,43)47-35-37(39)38(40)41)45-32-30-28-26-24-22-20-18-16-14-12-10-8-6-4-2/h36-37H,3-35,39H2,1-2H3,(H,40,41)(H,42,43)/t36-,37?/m1/s1. The molecule has 0 rings (SSSR count). The van der Waals surface area contributed by atoms with E-state index in [2.05, 4.69) is 13.8 Å². The molecule has 0 saturated heterocycles. The molecule has 0 aromatic heterocycles. The number of aliphatic carboxylic acids is 1. The van der Waals surface area contributed by atoms with Crippen molar-refractivity contribution in [3.8, 4) is 0 Å². The van der Waals surface area contributed by atoms with E-state index in [0.717, 1.165) is 25.7 Å². The highest BCUT2D eigenvalue weighted by atomic mass is 31.2. The summed E-state index contributed by atoms with van der Waals surface area (Å²) in [5, 5.41) is 8.87. The third-order valence-corrected chi connectivity index (χ3v) is 9.91. The van der Waals surface area contributed by atoms with E-state index in [1.54, 1.807) is 0 Å². The molecule has 0 saturated carbocycles. The van der Waals surface area contributed by atoms with E-state index in [1.807, 2.05) is 0 Å². The van der Waals surface area contributed by atoms with Crippen LogP contribution in [0.5, 0.6) is 0 Å². The van der Waals surface area contributed by atoms with E-state index in [1.165, 1.54) is 154 Å². The molecule has 0 radical (unpaired) electrons. The van der Waals surface area contributed by atoms with Crippen LogP contribution in [0.15, 0.2) is 0 Å². The fraction of sp³-hybridized carbons (Fsp3) is 0.974. The van der Waals surface area contributed by atoms with Gasteiger partial charge in [0.2, 0.25) is 0 Å². The molecule has 288 valence electrons. The van der Waals surface area contributed by atoms with Crippen LogP contribution in [0.2, 0.25) is 0 Å². The number of hydrogen-bond donors (Lipinski definition) is 3. The molecule has 0 aliphatic heterocycles. The van der Waals surface area contributed by atoms with Gasteiger partial charge in [-0.2, -0.15) is 0 Å². The third kappa shape index (κ3) is 35.3. The summed E-state index contributed by atoms with van der Waals surface area (Å²) in [5.74, 6) is -1.32. The SMILES string of the molecule is CCCCCCCCCCCCCCCCOC[C@H](COP(=O)(O)OCC(N)C(=O)O)OCCCCCCCCCCCCCCCC. The van der Waals surface area contributed by atoms with Gasteiger partial charge in [-0.15, -0.1) is 0 Å². The van der Waals surface area contributed by atoms with Crippen molar-refractivity contribution in [2.45, 2.75) is 206 Å². The fourth-order valence-corrected chi connectivity index (χ4v) is 6.54. The number of carboxylic acid groups (broad SMARTS) is 1. The number of phosphoric acid groups is 1. The number of ether oxygens (including phenoxy) is 2. The van der Waals surface area contributed by atoms with E-state index < -0.39 is 32.5 Å². The van der Waals surface area contributed by atoms with Gasteiger partial charge in [0.25, 0.3) is 0 Å². The Hall–Kier alpha value is -0.540. The minimum atomic E-state index is -4.47. The van der Waals surface area contributed by atoms with Gasteiger partial charge in [-0.3, -0.25) is 13.8 Å². The highest BCUT2D eigenvalue weighted by Crippen LogP contribution is 2.43. The second-order valence-corrected chi connectivity index (χ2v) is 15.2. The summed E-state index contributed by atoms with van der Waals surface area (Å²) in [6.07, 6.45) is 35.7. The van der Waals surface area contributed by atoms with Crippen molar-refractivity contribution in [1.29, 1.82) is 0 Å². The van der Waals surface area contributed by atoms with Crippen molar-refractivity contribution in [3.05, 3.63) is 0 Å². The van der Waals surface area contributed by atoms with E-state index in [0.29, 0.717) is 13.2 Å². The van der Waals surface area contributed by atoms with Crippen molar-refractivity contribution in [2.24, 2.45) is 5.73 Å². The quantitative estimate of drug-likeness (QED) is 0.0419. The summed E-state index contributed by atoms with van der Waals surface area (Å²) >= 11 is 0. The zero-order valence-corrected chi connectivity index (χ0v) is 32.3. The Morgan fingerprint density at radius 3 is 1.25 bits per heavy atom. The molecule has 0 aromatic rings. The summed E-state index contributed by atoms with van der Waals surface area (Å²) < 4.78 is 33.9. The van der Waals surface area contributed by atoms with Crippen LogP contribution in [-0.4, -0.2) is 61.1 Å². The number of carbonyl (C=O) groups is 1. The lowest BCUT2D eigenvalue weighted by Crippen LogP contribution is -2.34. The minimum absolute atomic E-state index is 0.187. The van der Waals surface area contributed by atoms with Crippen molar-refractivity contribution in [1.82, 2.24) is 0 Å². The molecular formula is C38H78NO8P. The first kappa shape index (κ1) is 47.5. The molecule has 48 heavy (non-hydrogen) atoms. The zero-order valence-electron chi connectivity index (χ0n) is 31.4. The normalized spacial score (nSPS) is 14.2. The third-order valence-electron chi connectivity index (χ3n) is 8.96. The number of carboxylic acids is 1. The van der Waals surface area contributed by atoms with Crippen LogP contribution in [0.3, 0.4) is 0 Å². The number of nitrogens with two attached hydrogens (primary N) is 1. The Bertz CT molecular complexity index is 729.